The van der Waals surface area contributed by atoms with Gasteiger partial charge in [0.05, 0.1) is 15.5 Å². The summed E-state index contributed by atoms with van der Waals surface area (Å²) >= 11 is 4.72. The molecule has 0 saturated carbocycles. The second-order valence-electron chi connectivity index (χ2n) is 7.72. The minimum atomic E-state index is -3.65. The van der Waals surface area contributed by atoms with Gasteiger partial charge < -0.3 is 5.32 Å². The highest BCUT2D eigenvalue weighted by Crippen LogP contribution is 2.34. The third-order valence-corrected chi connectivity index (χ3v) is 8.08. The third-order valence-electron chi connectivity index (χ3n) is 5.31. The lowest BCUT2D eigenvalue weighted by Gasteiger charge is -2.09. The van der Waals surface area contributed by atoms with E-state index in [9.17, 15) is 18.5 Å². The lowest BCUT2D eigenvalue weighted by atomic mass is 10.1. The Morgan fingerprint density at radius 2 is 1.89 bits per heavy atom. The van der Waals surface area contributed by atoms with Crippen LogP contribution in [0.3, 0.4) is 0 Å². The number of nitro groups is 1. The van der Waals surface area contributed by atoms with Gasteiger partial charge >= 0.3 is 0 Å². The first-order valence-corrected chi connectivity index (χ1v) is 14.0. The predicted octanol–water partition coefficient (Wildman–Crippen LogP) is 4.58. The molecule has 14 heteroatoms. The van der Waals surface area contributed by atoms with Crippen LogP contribution in [0.4, 0.5) is 11.6 Å². The number of non-ortho nitro benzene ring substituents is 1. The zero-order chi connectivity index (χ0) is 26.0. The second-order valence-corrected chi connectivity index (χ2v) is 11.3. The van der Waals surface area contributed by atoms with Crippen molar-refractivity contribution in [3.63, 3.8) is 0 Å². The monoisotopic (exact) mass is 599 g/mol. The molecular formula is C23H18BrN7O4S2. The summed E-state index contributed by atoms with van der Waals surface area (Å²) in [7, 11) is -3.65. The molecule has 0 aliphatic carbocycles. The Morgan fingerprint density at radius 1 is 1.08 bits per heavy atom. The maximum atomic E-state index is 12.5. The van der Waals surface area contributed by atoms with Crippen LogP contribution in [0.5, 0.6) is 0 Å². The van der Waals surface area contributed by atoms with Gasteiger partial charge in [-0.15, -0.1) is 11.3 Å². The number of thiazole rings is 1. The van der Waals surface area contributed by atoms with Crippen molar-refractivity contribution in [3.05, 3.63) is 87.0 Å². The molecule has 0 bridgehead atoms. The smallest absolute Gasteiger partial charge is 0.270 e. The molecule has 5 aromatic rings. The van der Waals surface area contributed by atoms with Crippen molar-refractivity contribution < 1.29 is 13.3 Å². The van der Waals surface area contributed by atoms with Crippen molar-refractivity contribution in [2.24, 2.45) is 0 Å². The average molecular weight is 600 g/mol. The topological polar surface area (TPSA) is 144 Å². The molecule has 3 aromatic heterocycles. The largest absolute Gasteiger partial charge is 0.353 e. The molecule has 37 heavy (non-hydrogen) atoms. The van der Waals surface area contributed by atoms with Gasteiger partial charge in [0.1, 0.15) is 11.4 Å². The number of benzene rings is 2. The zero-order valence-electron chi connectivity index (χ0n) is 18.9. The first-order valence-electron chi connectivity index (χ1n) is 10.8. The Balaban J connectivity index is 1.36. The highest BCUT2D eigenvalue weighted by molar-refractivity contribution is 9.10. The fourth-order valence-corrected chi connectivity index (χ4v) is 5.64. The van der Waals surface area contributed by atoms with Crippen molar-refractivity contribution in [2.45, 2.75) is 4.90 Å². The first kappa shape index (κ1) is 25.0. The van der Waals surface area contributed by atoms with Gasteiger partial charge in [0.15, 0.2) is 4.96 Å². The maximum absolute atomic E-state index is 12.5. The van der Waals surface area contributed by atoms with Crippen LogP contribution in [0.25, 0.3) is 27.6 Å². The SMILES string of the molecule is O=[N+]([O-])c1cccc(-c2nc3sccn3c2-c2ccnc(NCCNS(=O)(=O)c3ccc(Br)cc3)n2)c1. The minimum absolute atomic E-state index is 0.0320. The standard InChI is InChI=1S/C23H18BrN7O4S2/c24-16-4-6-18(7-5-16)37(34,35)27-11-10-26-22-25-9-8-19(28-22)21-20(29-23-30(21)12-13-36-23)15-2-1-3-17(14-15)31(32)33/h1-9,12-14,27H,10-11H2,(H,25,26,28). The Kier molecular flexibility index (Phi) is 6.97. The highest BCUT2D eigenvalue weighted by Gasteiger charge is 2.20. The molecule has 0 unspecified atom stereocenters. The molecule has 0 saturated heterocycles. The number of nitrogens with one attached hydrogen (secondary N) is 2. The zero-order valence-corrected chi connectivity index (χ0v) is 22.1. The summed E-state index contributed by atoms with van der Waals surface area (Å²) in [6, 6.07) is 14.4. The molecule has 5 rings (SSSR count). The fraction of sp³-hybridized carbons (Fsp3) is 0.0870. The lowest BCUT2D eigenvalue weighted by molar-refractivity contribution is -0.384. The molecule has 3 heterocycles. The predicted molar refractivity (Wildman–Crippen MR) is 144 cm³/mol. The number of hydrogen-bond donors (Lipinski definition) is 2. The summed E-state index contributed by atoms with van der Waals surface area (Å²) in [5.41, 5.74) is 2.34. The van der Waals surface area contributed by atoms with Crippen LogP contribution in [-0.2, 0) is 10.0 Å². The van der Waals surface area contributed by atoms with Gasteiger partial charge in [-0.3, -0.25) is 14.5 Å². The van der Waals surface area contributed by atoms with Crippen molar-refractivity contribution >= 4 is 53.9 Å². The van der Waals surface area contributed by atoms with Gasteiger partial charge in [0.25, 0.3) is 5.69 Å². The number of aromatic nitrogens is 4. The third kappa shape index (κ3) is 5.36. The normalized spacial score (nSPS) is 11.6. The van der Waals surface area contributed by atoms with Crippen LogP contribution in [-0.4, -0.2) is 45.8 Å². The summed E-state index contributed by atoms with van der Waals surface area (Å²) in [4.78, 5) is 25.3. The van der Waals surface area contributed by atoms with Gasteiger partial charge in [-0.1, -0.05) is 28.1 Å². The van der Waals surface area contributed by atoms with Crippen LogP contribution in [0, 0.1) is 10.1 Å². The molecule has 0 fully saturated rings. The van der Waals surface area contributed by atoms with E-state index in [0.29, 0.717) is 33.6 Å². The van der Waals surface area contributed by atoms with Crippen molar-refractivity contribution in [1.82, 2.24) is 24.1 Å². The molecule has 188 valence electrons. The average Bonchev–Trinajstić information content (AvgIpc) is 3.49. The number of imidazole rings is 1. The van der Waals surface area contributed by atoms with Gasteiger partial charge in [-0.2, -0.15) is 0 Å². The number of hydrogen-bond acceptors (Lipinski definition) is 9. The summed E-state index contributed by atoms with van der Waals surface area (Å²) in [6.07, 6.45) is 3.44. The van der Waals surface area contributed by atoms with E-state index in [1.165, 1.54) is 35.6 Å². The first-order chi connectivity index (χ1) is 17.8. The molecule has 0 amide bonds. The lowest BCUT2D eigenvalue weighted by Crippen LogP contribution is -2.29. The molecule has 0 aliphatic rings. The molecule has 2 aromatic carbocycles. The number of halogens is 1. The summed E-state index contributed by atoms with van der Waals surface area (Å²) < 4.78 is 30.1. The minimum Gasteiger partial charge on any atom is -0.353 e. The summed E-state index contributed by atoms with van der Waals surface area (Å²) in [6.45, 7) is 0.365. The van der Waals surface area contributed by atoms with Gasteiger partial charge in [0, 0.05) is 53.0 Å². The van der Waals surface area contributed by atoms with E-state index in [4.69, 9.17) is 0 Å². The van der Waals surface area contributed by atoms with Crippen molar-refractivity contribution in [3.8, 4) is 22.6 Å². The molecule has 0 aliphatic heterocycles. The Morgan fingerprint density at radius 3 is 2.68 bits per heavy atom. The molecule has 0 radical (unpaired) electrons. The molecule has 11 nitrogen and oxygen atoms in total. The van der Waals surface area contributed by atoms with E-state index in [1.54, 1.807) is 36.5 Å². The van der Waals surface area contributed by atoms with Crippen molar-refractivity contribution in [1.29, 1.82) is 0 Å². The Labute approximate surface area is 223 Å². The number of sulfonamides is 1. The number of nitrogens with zero attached hydrogens (tertiary/aromatic N) is 5. The number of anilines is 1. The maximum Gasteiger partial charge on any atom is 0.270 e. The quantitative estimate of drug-likeness (QED) is 0.142. The van der Waals surface area contributed by atoms with Crippen LogP contribution in [0.2, 0.25) is 0 Å². The number of nitro benzene ring substituents is 1. The van der Waals surface area contributed by atoms with E-state index in [-0.39, 0.29) is 23.7 Å². The second kappa shape index (κ2) is 10.3. The summed E-state index contributed by atoms with van der Waals surface area (Å²) in [5.74, 6) is 0.301. The van der Waals surface area contributed by atoms with Crippen LogP contribution < -0.4 is 10.0 Å². The molecule has 0 spiro atoms. The van der Waals surface area contributed by atoms with Crippen molar-refractivity contribution in [2.75, 3.05) is 18.4 Å². The van der Waals surface area contributed by atoms with Gasteiger partial charge in [-0.05, 0) is 30.3 Å². The van der Waals surface area contributed by atoms with E-state index < -0.39 is 14.9 Å². The summed E-state index contributed by atoms with van der Waals surface area (Å²) in [5, 5.41) is 16.2. The fourth-order valence-electron chi connectivity index (χ4n) is 3.63. The van der Waals surface area contributed by atoms with E-state index in [2.05, 4.69) is 40.9 Å². The van der Waals surface area contributed by atoms with Crippen LogP contribution in [0.1, 0.15) is 0 Å². The highest BCUT2D eigenvalue weighted by atomic mass is 79.9. The molecular weight excluding hydrogens is 582 g/mol. The van der Waals surface area contributed by atoms with Crippen LogP contribution >= 0.6 is 27.3 Å². The van der Waals surface area contributed by atoms with E-state index >= 15 is 0 Å². The van der Waals surface area contributed by atoms with Gasteiger partial charge in [-0.25, -0.2) is 28.1 Å². The number of rotatable bonds is 9. The van der Waals surface area contributed by atoms with Crippen LogP contribution in [0.15, 0.2) is 81.7 Å². The van der Waals surface area contributed by atoms with Gasteiger partial charge in [0.2, 0.25) is 16.0 Å². The number of fused-ring (bicyclic) bond motifs is 1. The van der Waals surface area contributed by atoms with E-state index in [0.717, 1.165) is 4.47 Å². The molecule has 2 N–H and O–H groups in total. The Bertz CT molecular complexity index is 1700. The Hall–Kier alpha value is -3.72. The molecule has 0 atom stereocenters. The van der Waals surface area contributed by atoms with E-state index in [1.807, 2.05) is 16.0 Å².